The van der Waals surface area contributed by atoms with Crippen molar-refractivity contribution in [2.75, 3.05) is 33.3 Å². The van der Waals surface area contributed by atoms with Crippen molar-refractivity contribution in [3.05, 3.63) is 30.3 Å². The summed E-state index contributed by atoms with van der Waals surface area (Å²) in [6, 6.07) is 9.90. The Labute approximate surface area is 91.8 Å². The summed E-state index contributed by atoms with van der Waals surface area (Å²) in [5.74, 6) is 0.943. The Morgan fingerprint density at radius 3 is 2.60 bits per heavy atom. The van der Waals surface area contributed by atoms with Gasteiger partial charge in [-0.2, -0.15) is 0 Å². The summed E-state index contributed by atoms with van der Waals surface area (Å²) in [7, 11) is 2.08. The Balaban J connectivity index is 2.07. The third-order valence-corrected chi connectivity index (χ3v) is 2.21. The van der Waals surface area contributed by atoms with Crippen molar-refractivity contribution in [3.8, 4) is 5.75 Å². The molecule has 1 aromatic carbocycles. The number of hydrogen-bond donors (Lipinski definition) is 1. The average Bonchev–Trinajstić information content (AvgIpc) is 2.26. The van der Waals surface area contributed by atoms with E-state index in [4.69, 9.17) is 10.5 Å². The van der Waals surface area contributed by atoms with Gasteiger partial charge in [0.25, 0.3) is 0 Å². The number of nitrogens with zero attached hydrogens (tertiary/aromatic N) is 1. The van der Waals surface area contributed by atoms with Crippen molar-refractivity contribution in [2.24, 2.45) is 5.73 Å². The van der Waals surface area contributed by atoms with Crippen molar-refractivity contribution >= 4 is 0 Å². The first kappa shape index (κ1) is 12.0. The molecule has 1 aromatic rings. The SMILES string of the molecule is CN(CCN)CCCOc1ccccc1. The molecule has 0 atom stereocenters. The highest BCUT2D eigenvalue weighted by atomic mass is 16.5. The Hall–Kier alpha value is -1.06. The number of nitrogens with two attached hydrogens (primary N) is 1. The molecule has 1 rings (SSSR count). The molecule has 0 heterocycles. The Kier molecular flexibility index (Phi) is 5.81. The quantitative estimate of drug-likeness (QED) is 0.687. The highest BCUT2D eigenvalue weighted by molar-refractivity contribution is 5.20. The first-order valence-electron chi connectivity index (χ1n) is 5.39. The van der Waals surface area contributed by atoms with Crippen LogP contribution in [0.5, 0.6) is 5.75 Å². The molecule has 0 aromatic heterocycles. The fraction of sp³-hybridized carbons (Fsp3) is 0.500. The zero-order valence-corrected chi connectivity index (χ0v) is 9.36. The third-order valence-electron chi connectivity index (χ3n) is 2.21. The number of benzene rings is 1. The van der Waals surface area contributed by atoms with Crippen LogP contribution in [0.1, 0.15) is 6.42 Å². The third kappa shape index (κ3) is 5.40. The fourth-order valence-corrected chi connectivity index (χ4v) is 1.37. The van der Waals surface area contributed by atoms with E-state index in [0.717, 1.165) is 38.4 Å². The van der Waals surface area contributed by atoms with E-state index in [0.29, 0.717) is 0 Å². The number of ether oxygens (including phenoxy) is 1. The highest BCUT2D eigenvalue weighted by Gasteiger charge is 1.96. The van der Waals surface area contributed by atoms with Gasteiger partial charge in [-0.25, -0.2) is 0 Å². The van der Waals surface area contributed by atoms with Crippen LogP contribution in [0.15, 0.2) is 30.3 Å². The minimum absolute atomic E-state index is 0.718. The Morgan fingerprint density at radius 1 is 1.20 bits per heavy atom. The van der Waals surface area contributed by atoms with Crippen molar-refractivity contribution in [3.63, 3.8) is 0 Å². The average molecular weight is 208 g/mol. The van der Waals surface area contributed by atoms with E-state index in [-0.39, 0.29) is 0 Å². The Bertz CT molecular complexity index is 251. The maximum absolute atomic E-state index is 5.58. The van der Waals surface area contributed by atoms with Crippen molar-refractivity contribution in [2.45, 2.75) is 6.42 Å². The van der Waals surface area contributed by atoms with Crippen LogP contribution < -0.4 is 10.5 Å². The van der Waals surface area contributed by atoms with Gasteiger partial charge >= 0.3 is 0 Å². The molecular formula is C12H20N2O. The summed E-state index contributed by atoms with van der Waals surface area (Å²) in [5.41, 5.74) is 5.45. The molecule has 84 valence electrons. The van der Waals surface area contributed by atoms with Crippen LogP contribution >= 0.6 is 0 Å². The molecule has 0 aliphatic rings. The number of likely N-dealkylation sites (N-methyl/N-ethyl adjacent to an activating group) is 1. The zero-order chi connectivity index (χ0) is 10.9. The molecule has 0 bridgehead atoms. The summed E-state index contributed by atoms with van der Waals surface area (Å²) in [6.45, 7) is 3.46. The number of para-hydroxylation sites is 1. The van der Waals surface area contributed by atoms with E-state index in [2.05, 4.69) is 11.9 Å². The van der Waals surface area contributed by atoms with Gasteiger partial charge < -0.3 is 15.4 Å². The molecule has 0 spiro atoms. The van der Waals surface area contributed by atoms with E-state index in [1.54, 1.807) is 0 Å². The van der Waals surface area contributed by atoms with Crippen molar-refractivity contribution < 1.29 is 4.74 Å². The van der Waals surface area contributed by atoms with E-state index in [1.807, 2.05) is 30.3 Å². The van der Waals surface area contributed by atoms with E-state index < -0.39 is 0 Å². The molecule has 0 unspecified atom stereocenters. The molecule has 0 saturated heterocycles. The van der Waals surface area contributed by atoms with Crippen LogP contribution in [0.25, 0.3) is 0 Å². The summed E-state index contributed by atoms with van der Waals surface area (Å²) < 4.78 is 5.58. The van der Waals surface area contributed by atoms with Gasteiger partial charge in [-0.15, -0.1) is 0 Å². The maximum Gasteiger partial charge on any atom is 0.119 e. The van der Waals surface area contributed by atoms with Gasteiger partial charge in [0.1, 0.15) is 5.75 Å². The number of rotatable bonds is 7. The monoisotopic (exact) mass is 208 g/mol. The maximum atomic E-state index is 5.58. The van der Waals surface area contributed by atoms with Crippen LogP contribution in [0.3, 0.4) is 0 Å². The minimum atomic E-state index is 0.718. The predicted molar refractivity (Wildman–Crippen MR) is 63.1 cm³/mol. The summed E-state index contributed by atoms with van der Waals surface area (Å²) in [6.07, 6.45) is 1.03. The smallest absolute Gasteiger partial charge is 0.119 e. The van der Waals surface area contributed by atoms with Gasteiger partial charge in [0.2, 0.25) is 0 Å². The van der Waals surface area contributed by atoms with Gasteiger partial charge in [0, 0.05) is 19.6 Å². The fourth-order valence-electron chi connectivity index (χ4n) is 1.37. The van der Waals surface area contributed by atoms with Crippen molar-refractivity contribution in [1.29, 1.82) is 0 Å². The topological polar surface area (TPSA) is 38.5 Å². The Morgan fingerprint density at radius 2 is 1.93 bits per heavy atom. The second kappa shape index (κ2) is 7.26. The van der Waals surface area contributed by atoms with Gasteiger partial charge in [-0.05, 0) is 25.6 Å². The summed E-state index contributed by atoms with van der Waals surface area (Å²) in [4.78, 5) is 2.22. The van der Waals surface area contributed by atoms with Crippen LogP contribution in [-0.4, -0.2) is 38.2 Å². The molecule has 3 nitrogen and oxygen atoms in total. The van der Waals surface area contributed by atoms with Gasteiger partial charge in [0.15, 0.2) is 0 Å². The van der Waals surface area contributed by atoms with Gasteiger partial charge in [-0.3, -0.25) is 0 Å². The van der Waals surface area contributed by atoms with Crippen LogP contribution in [0, 0.1) is 0 Å². The molecule has 0 amide bonds. The summed E-state index contributed by atoms with van der Waals surface area (Å²) >= 11 is 0. The first-order chi connectivity index (χ1) is 7.33. The van der Waals surface area contributed by atoms with E-state index >= 15 is 0 Å². The lowest BCUT2D eigenvalue weighted by Gasteiger charge is -2.15. The molecule has 0 saturated carbocycles. The van der Waals surface area contributed by atoms with Gasteiger partial charge in [-0.1, -0.05) is 18.2 Å². The van der Waals surface area contributed by atoms with E-state index in [9.17, 15) is 0 Å². The molecular weight excluding hydrogens is 188 g/mol. The number of hydrogen-bond acceptors (Lipinski definition) is 3. The van der Waals surface area contributed by atoms with Crippen LogP contribution in [0.2, 0.25) is 0 Å². The lowest BCUT2D eigenvalue weighted by molar-refractivity contribution is 0.265. The minimum Gasteiger partial charge on any atom is -0.494 e. The normalized spacial score (nSPS) is 10.6. The second-order valence-electron chi connectivity index (χ2n) is 3.61. The molecule has 0 aliphatic carbocycles. The molecule has 15 heavy (non-hydrogen) atoms. The van der Waals surface area contributed by atoms with Crippen molar-refractivity contribution in [1.82, 2.24) is 4.90 Å². The predicted octanol–water partition coefficient (Wildman–Crippen LogP) is 1.35. The van der Waals surface area contributed by atoms with E-state index in [1.165, 1.54) is 0 Å². The molecule has 3 heteroatoms. The highest BCUT2D eigenvalue weighted by Crippen LogP contribution is 2.08. The largest absolute Gasteiger partial charge is 0.494 e. The zero-order valence-electron chi connectivity index (χ0n) is 9.36. The second-order valence-corrected chi connectivity index (χ2v) is 3.61. The molecule has 2 N–H and O–H groups in total. The summed E-state index contributed by atoms with van der Waals surface area (Å²) in [5, 5.41) is 0. The standard InChI is InChI=1S/C12H20N2O/c1-14(10-8-13)9-5-11-15-12-6-3-2-4-7-12/h2-4,6-7H,5,8-11,13H2,1H3. The lowest BCUT2D eigenvalue weighted by atomic mass is 10.3. The lowest BCUT2D eigenvalue weighted by Crippen LogP contribution is -2.27. The first-order valence-corrected chi connectivity index (χ1v) is 5.39. The van der Waals surface area contributed by atoms with Crippen LogP contribution in [0.4, 0.5) is 0 Å². The van der Waals surface area contributed by atoms with Gasteiger partial charge in [0.05, 0.1) is 6.61 Å². The molecule has 0 radical (unpaired) electrons. The molecule has 0 fully saturated rings. The molecule has 0 aliphatic heterocycles. The van der Waals surface area contributed by atoms with Crippen LogP contribution in [-0.2, 0) is 0 Å².